The molecule has 1 aromatic heterocycles. The van der Waals surface area contributed by atoms with Crippen molar-refractivity contribution in [2.45, 2.75) is 13.0 Å². The van der Waals surface area contributed by atoms with Gasteiger partial charge in [-0.25, -0.2) is 18.2 Å². The van der Waals surface area contributed by atoms with Gasteiger partial charge in [0.15, 0.2) is 5.69 Å². The maximum atomic E-state index is 11.9. The first-order valence-electron chi connectivity index (χ1n) is 7.49. The molecule has 0 radical (unpaired) electrons. The first-order valence-corrected chi connectivity index (χ1v) is 9.10. The first kappa shape index (κ1) is 16.3. The van der Waals surface area contributed by atoms with Crippen LogP contribution in [0, 0.1) is 0 Å². The monoisotopic (exact) mass is 347 g/mol. The van der Waals surface area contributed by atoms with E-state index in [1.165, 1.54) is 10.4 Å². The van der Waals surface area contributed by atoms with Crippen molar-refractivity contribution in [2.24, 2.45) is 0 Å². The lowest BCUT2D eigenvalue weighted by atomic mass is 10.2. The molecule has 0 atom stereocenters. The molecule has 1 saturated heterocycles. The second-order valence-corrected chi connectivity index (χ2v) is 7.49. The van der Waals surface area contributed by atoms with Crippen LogP contribution in [-0.2, 0) is 16.6 Å². The summed E-state index contributed by atoms with van der Waals surface area (Å²) in [4.78, 5) is 14.9. The Hall–Kier alpha value is -2.61. The molecule has 2 heterocycles. The van der Waals surface area contributed by atoms with Crippen LogP contribution < -0.4 is 9.62 Å². The largest absolute Gasteiger partial charge is 0.477 e. The molecule has 24 heavy (non-hydrogen) atoms. The van der Waals surface area contributed by atoms with Gasteiger partial charge in [-0.15, -0.1) is 0 Å². The van der Waals surface area contributed by atoms with Crippen molar-refractivity contribution in [2.75, 3.05) is 21.9 Å². The van der Waals surface area contributed by atoms with E-state index in [0.717, 1.165) is 5.56 Å². The highest BCUT2D eigenvalue weighted by Crippen LogP contribution is 2.24. The molecule has 0 saturated carbocycles. The number of rotatable bonds is 5. The Bertz CT molecular complexity index is 850. The number of pyridine rings is 1. The molecule has 1 aromatic carbocycles. The van der Waals surface area contributed by atoms with E-state index in [1.807, 2.05) is 12.1 Å². The van der Waals surface area contributed by atoms with Gasteiger partial charge in [0.2, 0.25) is 10.0 Å². The van der Waals surface area contributed by atoms with E-state index in [9.17, 15) is 13.2 Å². The van der Waals surface area contributed by atoms with Gasteiger partial charge in [0.05, 0.1) is 11.4 Å². The van der Waals surface area contributed by atoms with E-state index in [0.29, 0.717) is 31.0 Å². The number of hydrogen-bond acceptors (Lipinski definition) is 5. The Morgan fingerprint density at radius 3 is 2.58 bits per heavy atom. The molecule has 3 rings (SSSR count). The Morgan fingerprint density at radius 1 is 1.21 bits per heavy atom. The Kier molecular flexibility index (Phi) is 4.39. The summed E-state index contributed by atoms with van der Waals surface area (Å²) in [6.45, 7) is 0.981. The minimum absolute atomic E-state index is 0.0189. The lowest BCUT2D eigenvalue weighted by Gasteiger charge is -2.17. The number of carbonyl (C=O) groups is 1. The van der Waals surface area contributed by atoms with Crippen LogP contribution in [0.1, 0.15) is 22.5 Å². The number of hydrogen-bond donors (Lipinski definition) is 2. The van der Waals surface area contributed by atoms with Crippen LogP contribution in [0.2, 0.25) is 0 Å². The molecule has 1 fully saturated rings. The van der Waals surface area contributed by atoms with Gasteiger partial charge < -0.3 is 10.4 Å². The second-order valence-electron chi connectivity index (χ2n) is 5.47. The molecule has 0 unspecified atom stereocenters. The molecule has 1 aliphatic rings. The molecule has 2 N–H and O–H groups in total. The van der Waals surface area contributed by atoms with Crippen LogP contribution >= 0.6 is 0 Å². The maximum absolute atomic E-state index is 11.9. The topological polar surface area (TPSA) is 99.6 Å². The standard InChI is InChI=1S/C16H17N3O4S/c20-16(21)14-3-1-4-15(18-14)17-11-12-5-7-13(8-6-12)19-9-2-10-24(19,22)23/h1,3-8H,2,9-11H2,(H,17,18)(H,20,21). The van der Waals surface area contributed by atoms with Crippen LogP contribution in [-0.4, -0.2) is 36.8 Å². The SMILES string of the molecule is O=C(O)c1cccc(NCc2ccc(N3CCCS3(=O)=O)cc2)n1. The van der Waals surface area contributed by atoms with Crippen molar-refractivity contribution in [3.05, 3.63) is 53.7 Å². The summed E-state index contributed by atoms with van der Waals surface area (Å²) < 4.78 is 25.2. The number of sulfonamides is 1. The predicted molar refractivity (Wildman–Crippen MR) is 90.7 cm³/mol. The van der Waals surface area contributed by atoms with E-state index in [1.54, 1.807) is 24.3 Å². The number of carboxylic acids is 1. The molecule has 0 spiro atoms. The summed E-state index contributed by atoms with van der Waals surface area (Å²) in [6, 6.07) is 12.0. The summed E-state index contributed by atoms with van der Waals surface area (Å²) >= 11 is 0. The lowest BCUT2D eigenvalue weighted by Crippen LogP contribution is -2.24. The fraction of sp³-hybridized carbons (Fsp3) is 0.250. The van der Waals surface area contributed by atoms with Crippen LogP contribution in [0.25, 0.3) is 0 Å². The molecule has 8 heteroatoms. The minimum atomic E-state index is -3.17. The van der Waals surface area contributed by atoms with E-state index >= 15 is 0 Å². The zero-order valence-electron chi connectivity index (χ0n) is 12.8. The fourth-order valence-corrected chi connectivity index (χ4v) is 4.12. The molecule has 126 valence electrons. The smallest absolute Gasteiger partial charge is 0.354 e. The third-order valence-electron chi connectivity index (χ3n) is 3.77. The van der Waals surface area contributed by atoms with Crippen LogP contribution in [0.15, 0.2) is 42.5 Å². The Labute approximate surface area is 140 Å². The van der Waals surface area contributed by atoms with E-state index in [-0.39, 0.29) is 11.4 Å². The van der Waals surface area contributed by atoms with Crippen molar-refractivity contribution >= 4 is 27.5 Å². The molecule has 0 amide bonds. The molecule has 0 aliphatic carbocycles. The van der Waals surface area contributed by atoms with Crippen molar-refractivity contribution in [1.29, 1.82) is 0 Å². The Balaban J connectivity index is 1.67. The number of benzene rings is 1. The quantitative estimate of drug-likeness (QED) is 0.857. The zero-order chi connectivity index (χ0) is 17.2. The molecular formula is C16H17N3O4S. The van der Waals surface area contributed by atoms with Crippen molar-refractivity contribution < 1.29 is 18.3 Å². The van der Waals surface area contributed by atoms with Crippen molar-refractivity contribution in [3.63, 3.8) is 0 Å². The highest BCUT2D eigenvalue weighted by molar-refractivity contribution is 7.93. The summed E-state index contributed by atoms with van der Waals surface area (Å²) in [6.07, 6.45) is 0.650. The number of nitrogens with zero attached hydrogens (tertiary/aromatic N) is 2. The molecule has 7 nitrogen and oxygen atoms in total. The average molecular weight is 347 g/mol. The van der Waals surface area contributed by atoms with E-state index < -0.39 is 16.0 Å². The van der Waals surface area contributed by atoms with Gasteiger partial charge in [-0.05, 0) is 36.2 Å². The van der Waals surface area contributed by atoms with Gasteiger partial charge in [-0.2, -0.15) is 0 Å². The fourth-order valence-electron chi connectivity index (χ4n) is 2.55. The van der Waals surface area contributed by atoms with E-state index in [2.05, 4.69) is 10.3 Å². The van der Waals surface area contributed by atoms with Gasteiger partial charge in [-0.3, -0.25) is 4.31 Å². The summed E-state index contributed by atoms with van der Waals surface area (Å²) in [5.41, 5.74) is 1.59. The average Bonchev–Trinajstić information content (AvgIpc) is 2.93. The molecular weight excluding hydrogens is 330 g/mol. The molecule has 0 bridgehead atoms. The van der Waals surface area contributed by atoms with Gasteiger partial charge in [0.25, 0.3) is 0 Å². The normalized spacial score (nSPS) is 16.1. The van der Waals surface area contributed by atoms with Gasteiger partial charge in [-0.1, -0.05) is 18.2 Å². The predicted octanol–water partition coefficient (Wildman–Crippen LogP) is 1.93. The summed E-state index contributed by atoms with van der Waals surface area (Å²) in [7, 11) is -3.17. The maximum Gasteiger partial charge on any atom is 0.354 e. The second kappa shape index (κ2) is 6.48. The van der Waals surface area contributed by atoms with E-state index in [4.69, 9.17) is 5.11 Å². The summed E-state index contributed by atoms with van der Waals surface area (Å²) in [5, 5.41) is 12.0. The molecule has 2 aromatic rings. The number of aromatic carboxylic acids is 1. The first-order chi connectivity index (χ1) is 11.5. The summed E-state index contributed by atoms with van der Waals surface area (Å²) in [5.74, 6) is -0.405. The molecule has 1 aliphatic heterocycles. The zero-order valence-corrected chi connectivity index (χ0v) is 13.7. The number of anilines is 2. The van der Waals surface area contributed by atoms with Crippen molar-refractivity contribution in [1.82, 2.24) is 4.98 Å². The van der Waals surface area contributed by atoms with Gasteiger partial charge in [0, 0.05) is 13.1 Å². The third kappa shape index (κ3) is 3.48. The lowest BCUT2D eigenvalue weighted by molar-refractivity contribution is 0.0690. The number of nitrogens with one attached hydrogen (secondary N) is 1. The highest BCUT2D eigenvalue weighted by Gasteiger charge is 2.28. The van der Waals surface area contributed by atoms with Gasteiger partial charge in [0.1, 0.15) is 5.82 Å². The number of carboxylic acid groups (broad SMARTS) is 1. The Morgan fingerprint density at radius 2 is 1.96 bits per heavy atom. The highest BCUT2D eigenvalue weighted by atomic mass is 32.2. The minimum Gasteiger partial charge on any atom is -0.477 e. The van der Waals surface area contributed by atoms with Crippen molar-refractivity contribution in [3.8, 4) is 0 Å². The van der Waals surface area contributed by atoms with Crippen LogP contribution in [0.5, 0.6) is 0 Å². The van der Waals surface area contributed by atoms with Crippen LogP contribution in [0.4, 0.5) is 11.5 Å². The van der Waals surface area contributed by atoms with Crippen LogP contribution in [0.3, 0.4) is 0 Å². The third-order valence-corrected chi connectivity index (χ3v) is 5.63. The number of aromatic nitrogens is 1. The van der Waals surface area contributed by atoms with Gasteiger partial charge >= 0.3 is 5.97 Å².